The predicted molar refractivity (Wildman–Crippen MR) is 100.0 cm³/mol. The molecule has 1 fully saturated rings. The summed E-state index contributed by atoms with van der Waals surface area (Å²) in [5, 5.41) is 5.37. The van der Waals surface area contributed by atoms with Crippen molar-refractivity contribution in [3.63, 3.8) is 0 Å². The molecule has 0 spiro atoms. The number of benzene rings is 1. The highest BCUT2D eigenvalue weighted by Gasteiger charge is 2.35. The number of rotatable bonds is 4. The number of carbonyl (C=O) groups excluding carboxylic acids is 1. The molecule has 1 saturated carbocycles. The SMILES string of the molecule is COc1ccccc1-c1csc(NC(=O)C2(N)CCCCC2)n1.Cl. The van der Waals surface area contributed by atoms with Crippen molar-refractivity contribution >= 4 is 34.8 Å². The van der Waals surface area contributed by atoms with Crippen LogP contribution in [0.4, 0.5) is 5.13 Å². The summed E-state index contributed by atoms with van der Waals surface area (Å²) in [7, 11) is 1.63. The molecule has 1 heterocycles. The summed E-state index contributed by atoms with van der Waals surface area (Å²) in [4.78, 5) is 17.0. The lowest BCUT2D eigenvalue weighted by molar-refractivity contribution is -0.122. The van der Waals surface area contributed by atoms with Gasteiger partial charge in [0.05, 0.1) is 18.3 Å². The smallest absolute Gasteiger partial charge is 0.246 e. The molecule has 7 heteroatoms. The van der Waals surface area contributed by atoms with Crippen molar-refractivity contribution in [3.05, 3.63) is 29.6 Å². The van der Waals surface area contributed by atoms with E-state index >= 15 is 0 Å². The Morgan fingerprint density at radius 2 is 2.00 bits per heavy atom. The number of ether oxygens (including phenoxy) is 1. The van der Waals surface area contributed by atoms with E-state index in [9.17, 15) is 4.79 Å². The molecule has 130 valence electrons. The molecule has 3 rings (SSSR count). The first kappa shape index (κ1) is 18.7. The lowest BCUT2D eigenvalue weighted by Gasteiger charge is -2.31. The highest BCUT2D eigenvalue weighted by Crippen LogP contribution is 2.33. The molecule has 1 aromatic heterocycles. The van der Waals surface area contributed by atoms with Crippen LogP contribution in [0.3, 0.4) is 0 Å². The van der Waals surface area contributed by atoms with Crippen LogP contribution in [0.5, 0.6) is 5.75 Å². The molecule has 0 aliphatic heterocycles. The zero-order chi connectivity index (χ0) is 16.3. The van der Waals surface area contributed by atoms with Crippen molar-refractivity contribution in [1.82, 2.24) is 4.98 Å². The van der Waals surface area contributed by atoms with E-state index in [0.29, 0.717) is 5.13 Å². The van der Waals surface area contributed by atoms with Gasteiger partial charge in [0.15, 0.2) is 5.13 Å². The second-order valence-electron chi connectivity index (χ2n) is 5.91. The number of anilines is 1. The summed E-state index contributed by atoms with van der Waals surface area (Å²) in [6.07, 6.45) is 4.65. The number of carbonyl (C=O) groups is 1. The predicted octanol–water partition coefficient (Wildman–Crippen LogP) is 3.84. The van der Waals surface area contributed by atoms with Crippen molar-refractivity contribution in [1.29, 1.82) is 0 Å². The van der Waals surface area contributed by atoms with E-state index in [-0.39, 0.29) is 18.3 Å². The number of methoxy groups -OCH3 is 1. The van der Waals surface area contributed by atoms with Crippen LogP contribution in [0.1, 0.15) is 32.1 Å². The van der Waals surface area contributed by atoms with Gasteiger partial charge in [0, 0.05) is 10.9 Å². The summed E-state index contributed by atoms with van der Waals surface area (Å²) < 4.78 is 5.36. The Balaban J connectivity index is 0.00000208. The third kappa shape index (κ3) is 3.88. The molecule has 5 nitrogen and oxygen atoms in total. The molecule has 0 atom stereocenters. The largest absolute Gasteiger partial charge is 0.496 e. The van der Waals surface area contributed by atoms with Gasteiger partial charge in [-0.3, -0.25) is 4.79 Å². The Morgan fingerprint density at radius 1 is 1.29 bits per heavy atom. The number of nitrogens with two attached hydrogens (primary N) is 1. The molecule has 1 aliphatic rings. The van der Waals surface area contributed by atoms with Crippen molar-refractivity contribution in [2.45, 2.75) is 37.6 Å². The summed E-state index contributed by atoms with van der Waals surface area (Å²) in [5.74, 6) is 0.636. The maximum absolute atomic E-state index is 12.5. The van der Waals surface area contributed by atoms with Gasteiger partial charge in [0.25, 0.3) is 0 Å². The monoisotopic (exact) mass is 367 g/mol. The minimum atomic E-state index is -0.755. The first-order valence-electron chi connectivity index (χ1n) is 7.82. The Morgan fingerprint density at radius 3 is 2.71 bits per heavy atom. The molecule has 3 N–H and O–H groups in total. The maximum atomic E-state index is 12.5. The molecule has 1 aliphatic carbocycles. The molecular formula is C17H22ClN3O2S. The number of nitrogens with zero attached hydrogens (tertiary/aromatic N) is 1. The molecular weight excluding hydrogens is 346 g/mol. The third-order valence-corrected chi connectivity index (χ3v) is 5.06. The summed E-state index contributed by atoms with van der Waals surface area (Å²) in [6, 6.07) is 7.69. The molecule has 1 aromatic carbocycles. The van der Waals surface area contributed by atoms with Gasteiger partial charge in [-0.05, 0) is 25.0 Å². The highest BCUT2D eigenvalue weighted by atomic mass is 35.5. The topological polar surface area (TPSA) is 77.2 Å². The number of amides is 1. The van der Waals surface area contributed by atoms with Crippen LogP contribution in [-0.2, 0) is 4.79 Å². The van der Waals surface area contributed by atoms with E-state index < -0.39 is 5.54 Å². The van der Waals surface area contributed by atoms with Gasteiger partial charge in [0.2, 0.25) is 5.91 Å². The van der Waals surface area contributed by atoms with E-state index in [1.165, 1.54) is 11.3 Å². The van der Waals surface area contributed by atoms with E-state index in [4.69, 9.17) is 10.5 Å². The van der Waals surface area contributed by atoms with Gasteiger partial charge in [-0.15, -0.1) is 23.7 Å². The van der Waals surface area contributed by atoms with Crippen LogP contribution in [-0.4, -0.2) is 23.5 Å². The van der Waals surface area contributed by atoms with Crippen LogP contribution in [0.25, 0.3) is 11.3 Å². The summed E-state index contributed by atoms with van der Waals surface area (Å²) >= 11 is 1.40. The number of para-hydroxylation sites is 1. The summed E-state index contributed by atoms with van der Waals surface area (Å²) in [5.41, 5.74) is 7.20. The van der Waals surface area contributed by atoms with Crippen molar-refractivity contribution in [2.24, 2.45) is 5.73 Å². The lowest BCUT2D eigenvalue weighted by atomic mass is 9.82. The normalized spacial score (nSPS) is 16.1. The standard InChI is InChI=1S/C17H21N3O2S.ClH/c1-22-14-8-4-3-7-12(14)13-11-23-16(19-13)20-15(21)17(18)9-5-2-6-10-17;/h3-4,7-8,11H,2,5-6,9-10,18H2,1H3,(H,19,20,21);1H. The number of aromatic nitrogens is 1. The lowest BCUT2D eigenvalue weighted by Crippen LogP contribution is -2.52. The Kier molecular flexibility index (Phi) is 6.21. The second-order valence-corrected chi connectivity index (χ2v) is 6.77. The Labute approximate surface area is 152 Å². The third-order valence-electron chi connectivity index (χ3n) is 4.31. The van der Waals surface area contributed by atoms with Crippen LogP contribution < -0.4 is 15.8 Å². The number of nitrogens with one attached hydrogen (secondary N) is 1. The quantitative estimate of drug-likeness (QED) is 0.860. The fourth-order valence-corrected chi connectivity index (χ4v) is 3.65. The van der Waals surface area contributed by atoms with E-state index in [2.05, 4.69) is 10.3 Å². The number of hydrogen-bond acceptors (Lipinski definition) is 5. The first-order chi connectivity index (χ1) is 11.1. The van der Waals surface area contributed by atoms with Crippen LogP contribution in [0, 0.1) is 0 Å². The molecule has 0 unspecified atom stereocenters. The second kappa shape index (κ2) is 7.96. The summed E-state index contributed by atoms with van der Waals surface area (Å²) in [6.45, 7) is 0. The zero-order valence-electron chi connectivity index (χ0n) is 13.6. The van der Waals surface area contributed by atoms with Gasteiger partial charge >= 0.3 is 0 Å². The number of hydrogen-bond donors (Lipinski definition) is 2. The maximum Gasteiger partial charge on any atom is 0.246 e. The van der Waals surface area contributed by atoms with Crippen LogP contribution >= 0.6 is 23.7 Å². The first-order valence-corrected chi connectivity index (χ1v) is 8.69. The molecule has 0 saturated heterocycles. The van der Waals surface area contributed by atoms with Crippen molar-refractivity contribution in [2.75, 3.05) is 12.4 Å². The fourth-order valence-electron chi connectivity index (χ4n) is 2.94. The van der Waals surface area contributed by atoms with Crippen molar-refractivity contribution in [3.8, 4) is 17.0 Å². The molecule has 0 bridgehead atoms. The van der Waals surface area contributed by atoms with Crippen LogP contribution in [0.2, 0.25) is 0 Å². The zero-order valence-corrected chi connectivity index (χ0v) is 15.2. The van der Waals surface area contributed by atoms with Gasteiger partial charge in [-0.1, -0.05) is 31.4 Å². The van der Waals surface area contributed by atoms with Gasteiger partial charge in [0.1, 0.15) is 5.75 Å². The molecule has 1 amide bonds. The van der Waals surface area contributed by atoms with Gasteiger partial charge in [-0.25, -0.2) is 4.98 Å². The average Bonchev–Trinajstić information content (AvgIpc) is 3.04. The number of halogens is 1. The number of thiazole rings is 1. The minimum Gasteiger partial charge on any atom is -0.496 e. The molecule has 2 aromatic rings. The fraction of sp³-hybridized carbons (Fsp3) is 0.412. The Bertz CT molecular complexity index is 699. The molecule has 24 heavy (non-hydrogen) atoms. The van der Waals surface area contributed by atoms with E-state index in [1.54, 1.807) is 7.11 Å². The Hall–Kier alpha value is -1.63. The molecule has 0 radical (unpaired) electrons. The van der Waals surface area contributed by atoms with Crippen LogP contribution in [0.15, 0.2) is 29.6 Å². The minimum absolute atomic E-state index is 0. The van der Waals surface area contributed by atoms with Gasteiger partial charge in [-0.2, -0.15) is 0 Å². The van der Waals surface area contributed by atoms with Gasteiger partial charge < -0.3 is 15.8 Å². The van der Waals surface area contributed by atoms with E-state index in [1.807, 2.05) is 29.6 Å². The van der Waals surface area contributed by atoms with E-state index in [0.717, 1.165) is 49.1 Å². The van der Waals surface area contributed by atoms with Crippen molar-refractivity contribution < 1.29 is 9.53 Å². The highest BCUT2D eigenvalue weighted by molar-refractivity contribution is 7.14. The average molecular weight is 368 g/mol.